The topological polar surface area (TPSA) is 92.6 Å². The van der Waals surface area contributed by atoms with Gasteiger partial charge in [-0.05, 0) is 66.8 Å². The molecule has 0 aliphatic rings. The minimum Gasteiger partial charge on any atom is -0.494 e. The Morgan fingerprint density at radius 1 is 0.865 bits per heavy atom. The molecule has 0 spiro atoms. The van der Waals surface area contributed by atoms with E-state index in [0.717, 1.165) is 0 Å². The summed E-state index contributed by atoms with van der Waals surface area (Å²) in [5, 5.41) is 9.47. The fraction of sp³-hybridized carbons (Fsp3) is 0.0385. The van der Waals surface area contributed by atoms with Gasteiger partial charge in [-0.25, -0.2) is 0 Å². The first-order valence-electron chi connectivity index (χ1n) is 10.7. The summed E-state index contributed by atoms with van der Waals surface area (Å²) in [4.78, 5) is 25.2. The van der Waals surface area contributed by atoms with Crippen LogP contribution in [-0.2, 0) is 0 Å². The van der Waals surface area contributed by atoms with Gasteiger partial charge in [0, 0.05) is 22.3 Å². The van der Waals surface area contributed by atoms with E-state index in [4.69, 9.17) is 56.2 Å². The zero-order valence-corrected chi connectivity index (χ0v) is 22.2. The molecule has 0 radical (unpaired) electrons. The maximum absolute atomic E-state index is 12.6. The summed E-state index contributed by atoms with van der Waals surface area (Å²) in [6.45, 7) is 0. The lowest BCUT2D eigenvalue weighted by Crippen LogP contribution is -2.33. The Labute approximate surface area is 232 Å². The van der Waals surface area contributed by atoms with Crippen LogP contribution in [0.3, 0.4) is 0 Å². The van der Waals surface area contributed by atoms with E-state index in [-0.39, 0.29) is 16.8 Å². The molecule has 3 N–H and O–H groups in total. The largest absolute Gasteiger partial charge is 0.494 e. The van der Waals surface area contributed by atoms with Crippen molar-refractivity contribution in [2.75, 3.05) is 17.7 Å². The van der Waals surface area contributed by atoms with Crippen LogP contribution in [0.15, 0.2) is 77.2 Å². The summed E-state index contributed by atoms with van der Waals surface area (Å²) in [5.74, 6) is -0.116. The first kappa shape index (κ1) is 26.5. The van der Waals surface area contributed by atoms with Crippen molar-refractivity contribution >= 4 is 75.3 Å². The number of halogens is 3. The van der Waals surface area contributed by atoms with Crippen molar-refractivity contribution in [3.05, 3.63) is 99.2 Å². The second-order valence-electron chi connectivity index (χ2n) is 7.55. The molecular formula is C26H18Cl3N3O4S. The fourth-order valence-electron chi connectivity index (χ4n) is 3.33. The molecule has 37 heavy (non-hydrogen) atoms. The number of carbonyl (C=O) groups excluding carboxylic acids is 2. The minimum absolute atomic E-state index is 0.0300. The maximum atomic E-state index is 12.6. The highest BCUT2D eigenvalue weighted by atomic mass is 35.5. The van der Waals surface area contributed by atoms with Crippen molar-refractivity contribution in [2.24, 2.45) is 0 Å². The first-order chi connectivity index (χ1) is 17.7. The van der Waals surface area contributed by atoms with Gasteiger partial charge in [-0.1, -0.05) is 46.9 Å². The molecule has 188 valence electrons. The predicted octanol–water partition coefficient (Wildman–Crippen LogP) is 7.29. The quantitative estimate of drug-likeness (QED) is 0.209. The normalized spacial score (nSPS) is 10.5. The average molecular weight is 575 g/mol. The van der Waals surface area contributed by atoms with E-state index in [1.165, 1.54) is 13.2 Å². The highest BCUT2D eigenvalue weighted by Crippen LogP contribution is 2.32. The highest BCUT2D eigenvalue weighted by molar-refractivity contribution is 7.80. The molecule has 0 atom stereocenters. The van der Waals surface area contributed by atoms with Crippen LogP contribution in [0.25, 0.3) is 11.3 Å². The van der Waals surface area contributed by atoms with Gasteiger partial charge in [-0.3, -0.25) is 14.9 Å². The Hall–Kier alpha value is -3.56. The second kappa shape index (κ2) is 11.7. The van der Waals surface area contributed by atoms with Gasteiger partial charge in [0.25, 0.3) is 11.8 Å². The molecule has 0 bridgehead atoms. The lowest BCUT2D eigenvalue weighted by molar-refractivity contribution is 0.0950. The molecule has 3 aromatic carbocycles. The van der Waals surface area contributed by atoms with Crippen molar-refractivity contribution in [3.8, 4) is 17.1 Å². The van der Waals surface area contributed by atoms with Crippen molar-refractivity contribution in [1.29, 1.82) is 0 Å². The number of rotatable bonds is 6. The van der Waals surface area contributed by atoms with Crippen LogP contribution in [0.4, 0.5) is 11.4 Å². The van der Waals surface area contributed by atoms with Gasteiger partial charge in [0.1, 0.15) is 11.5 Å². The number of hydrogen-bond acceptors (Lipinski definition) is 5. The predicted molar refractivity (Wildman–Crippen MR) is 150 cm³/mol. The van der Waals surface area contributed by atoms with Gasteiger partial charge in [-0.2, -0.15) is 0 Å². The van der Waals surface area contributed by atoms with Crippen LogP contribution in [0, 0.1) is 0 Å². The van der Waals surface area contributed by atoms with E-state index in [1.807, 2.05) is 0 Å². The number of carbonyl (C=O) groups is 2. The van der Waals surface area contributed by atoms with Crippen LogP contribution in [-0.4, -0.2) is 24.0 Å². The Morgan fingerprint density at radius 2 is 1.65 bits per heavy atom. The van der Waals surface area contributed by atoms with Gasteiger partial charge < -0.3 is 19.8 Å². The van der Waals surface area contributed by atoms with Crippen LogP contribution in [0.5, 0.6) is 5.75 Å². The minimum atomic E-state index is -0.551. The van der Waals surface area contributed by atoms with E-state index < -0.39 is 5.91 Å². The average Bonchev–Trinajstić information content (AvgIpc) is 3.35. The van der Waals surface area contributed by atoms with Crippen LogP contribution < -0.4 is 20.7 Å². The lowest BCUT2D eigenvalue weighted by Gasteiger charge is -2.14. The van der Waals surface area contributed by atoms with Crippen molar-refractivity contribution in [2.45, 2.75) is 0 Å². The molecule has 7 nitrogen and oxygen atoms in total. The molecule has 1 aromatic heterocycles. The maximum Gasteiger partial charge on any atom is 0.293 e. The van der Waals surface area contributed by atoms with Crippen LogP contribution in [0.2, 0.25) is 15.1 Å². The van der Waals surface area contributed by atoms with Crippen molar-refractivity contribution in [1.82, 2.24) is 5.32 Å². The molecule has 1 heterocycles. The van der Waals surface area contributed by atoms with E-state index in [2.05, 4.69) is 16.0 Å². The Bertz CT molecular complexity index is 1510. The number of nitrogens with one attached hydrogen (secondary N) is 3. The van der Waals surface area contributed by atoms with Gasteiger partial charge in [0.2, 0.25) is 0 Å². The second-order valence-corrected chi connectivity index (χ2v) is 9.20. The number of thiocarbonyl (C=S) groups is 1. The zero-order valence-electron chi connectivity index (χ0n) is 19.1. The Balaban J connectivity index is 1.40. The monoisotopic (exact) mass is 573 g/mol. The Kier molecular flexibility index (Phi) is 8.35. The van der Waals surface area contributed by atoms with Gasteiger partial charge in [-0.15, -0.1) is 0 Å². The summed E-state index contributed by atoms with van der Waals surface area (Å²) in [6, 6.07) is 19.7. The highest BCUT2D eigenvalue weighted by Gasteiger charge is 2.17. The molecule has 2 amide bonds. The van der Waals surface area contributed by atoms with Gasteiger partial charge >= 0.3 is 0 Å². The molecule has 0 aliphatic carbocycles. The molecule has 0 saturated heterocycles. The molecule has 0 unspecified atom stereocenters. The van der Waals surface area contributed by atoms with Crippen molar-refractivity contribution in [3.63, 3.8) is 0 Å². The van der Waals surface area contributed by atoms with E-state index in [9.17, 15) is 9.59 Å². The molecule has 0 fully saturated rings. The summed E-state index contributed by atoms with van der Waals surface area (Å²) < 4.78 is 11.0. The summed E-state index contributed by atoms with van der Waals surface area (Å²) in [5.41, 5.74) is 1.87. The third-order valence-electron chi connectivity index (χ3n) is 5.08. The molecule has 0 saturated carbocycles. The summed E-state index contributed by atoms with van der Waals surface area (Å²) in [7, 11) is 1.46. The first-order valence-corrected chi connectivity index (χ1v) is 12.2. The van der Waals surface area contributed by atoms with E-state index in [1.54, 1.807) is 66.7 Å². The number of amides is 2. The number of hydrogen-bond donors (Lipinski definition) is 3. The lowest BCUT2D eigenvalue weighted by atomic mass is 10.2. The van der Waals surface area contributed by atoms with E-state index in [0.29, 0.717) is 49.1 Å². The third-order valence-corrected chi connectivity index (χ3v) is 6.16. The number of benzene rings is 3. The number of methoxy groups -OCH3 is 1. The molecule has 0 aliphatic heterocycles. The summed E-state index contributed by atoms with van der Waals surface area (Å²) >= 11 is 23.5. The number of anilines is 2. The number of furan rings is 1. The Morgan fingerprint density at radius 3 is 2.38 bits per heavy atom. The zero-order chi connectivity index (χ0) is 26.5. The SMILES string of the molecule is COc1cc(NC(=S)NC(=O)c2ccc(-c3ccc(Cl)cc3Cl)o2)ccc1NC(=O)c1ccccc1Cl. The van der Waals surface area contributed by atoms with Crippen LogP contribution in [0.1, 0.15) is 20.9 Å². The molecule has 4 rings (SSSR count). The third kappa shape index (κ3) is 6.42. The molecule has 11 heteroatoms. The smallest absolute Gasteiger partial charge is 0.293 e. The summed E-state index contributed by atoms with van der Waals surface area (Å²) in [6.07, 6.45) is 0. The van der Waals surface area contributed by atoms with E-state index >= 15 is 0 Å². The van der Waals surface area contributed by atoms with Crippen molar-refractivity contribution < 1.29 is 18.7 Å². The fourth-order valence-corrected chi connectivity index (χ4v) is 4.26. The molecule has 4 aromatic rings. The molecular weight excluding hydrogens is 557 g/mol. The van der Waals surface area contributed by atoms with Gasteiger partial charge in [0.15, 0.2) is 10.9 Å². The van der Waals surface area contributed by atoms with Crippen LogP contribution >= 0.6 is 47.0 Å². The standard InChI is InChI=1S/C26H18Cl3N3O4S/c1-35-23-13-15(7-9-20(23)31-24(33)17-4-2-3-5-18(17)28)30-26(37)32-25(34)22-11-10-21(36-22)16-8-6-14(27)12-19(16)29/h2-13H,1H3,(H,31,33)(H2,30,32,34,37). The number of ether oxygens (including phenoxy) is 1. The van der Waals surface area contributed by atoms with Gasteiger partial charge in [0.05, 0.1) is 28.4 Å².